The summed E-state index contributed by atoms with van der Waals surface area (Å²) >= 11 is 0. The van der Waals surface area contributed by atoms with E-state index in [0.29, 0.717) is 23.9 Å². The molecule has 0 aliphatic heterocycles. The summed E-state index contributed by atoms with van der Waals surface area (Å²) in [7, 11) is 0. The highest BCUT2D eigenvalue weighted by Crippen LogP contribution is 2.10. The second-order valence-electron chi connectivity index (χ2n) is 2.71. The van der Waals surface area contributed by atoms with E-state index in [2.05, 4.69) is 15.0 Å². The molecule has 0 aromatic carbocycles. The SMILES string of the molecule is CCC(O)c1nc(C)nc(C)n1. The molecule has 1 unspecified atom stereocenters. The molecule has 1 N–H and O–H groups in total. The molecular formula is C8H13N3O. The molecule has 0 amide bonds. The molecule has 0 saturated carbocycles. The smallest absolute Gasteiger partial charge is 0.161 e. The van der Waals surface area contributed by atoms with E-state index >= 15 is 0 Å². The van der Waals surface area contributed by atoms with Gasteiger partial charge in [-0.05, 0) is 20.3 Å². The highest BCUT2D eigenvalue weighted by atomic mass is 16.3. The van der Waals surface area contributed by atoms with Gasteiger partial charge in [0.15, 0.2) is 5.82 Å². The molecule has 0 saturated heterocycles. The molecule has 1 atom stereocenters. The molecule has 12 heavy (non-hydrogen) atoms. The Hall–Kier alpha value is -1.03. The zero-order valence-corrected chi connectivity index (χ0v) is 7.57. The Bertz CT molecular complexity index is 255. The van der Waals surface area contributed by atoms with Crippen LogP contribution in [0, 0.1) is 13.8 Å². The quantitative estimate of drug-likeness (QED) is 0.712. The fraction of sp³-hybridized carbons (Fsp3) is 0.625. The molecule has 4 heteroatoms. The van der Waals surface area contributed by atoms with E-state index in [0.717, 1.165) is 0 Å². The fourth-order valence-electron chi connectivity index (χ4n) is 0.972. The molecule has 0 aliphatic carbocycles. The molecule has 1 rings (SSSR count). The van der Waals surface area contributed by atoms with Gasteiger partial charge in [0.1, 0.15) is 17.8 Å². The third kappa shape index (κ3) is 1.98. The van der Waals surface area contributed by atoms with Crippen molar-refractivity contribution in [2.75, 3.05) is 0 Å². The largest absolute Gasteiger partial charge is 0.385 e. The van der Waals surface area contributed by atoms with Crippen LogP contribution in [0.25, 0.3) is 0 Å². The summed E-state index contributed by atoms with van der Waals surface area (Å²) in [6.45, 7) is 5.47. The van der Waals surface area contributed by atoms with Gasteiger partial charge in [0, 0.05) is 0 Å². The van der Waals surface area contributed by atoms with Gasteiger partial charge in [-0.1, -0.05) is 6.92 Å². The molecule has 0 radical (unpaired) electrons. The van der Waals surface area contributed by atoms with Crippen LogP contribution in [0.1, 0.15) is 36.9 Å². The van der Waals surface area contributed by atoms with Crippen LogP contribution in [0.5, 0.6) is 0 Å². The number of aromatic nitrogens is 3. The second kappa shape index (κ2) is 3.58. The van der Waals surface area contributed by atoms with Crippen LogP contribution in [0.3, 0.4) is 0 Å². The van der Waals surface area contributed by atoms with Gasteiger partial charge in [0.2, 0.25) is 0 Å². The number of aryl methyl sites for hydroxylation is 2. The van der Waals surface area contributed by atoms with Crippen molar-refractivity contribution in [2.24, 2.45) is 0 Å². The summed E-state index contributed by atoms with van der Waals surface area (Å²) < 4.78 is 0. The lowest BCUT2D eigenvalue weighted by molar-refractivity contribution is 0.162. The highest BCUT2D eigenvalue weighted by Gasteiger charge is 2.09. The zero-order valence-electron chi connectivity index (χ0n) is 7.57. The highest BCUT2D eigenvalue weighted by molar-refractivity contribution is 4.97. The predicted molar refractivity (Wildman–Crippen MR) is 44.6 cm³/mol. The van der Waals surface area contributed by atoms with E-state index in [1.165, 1.54) is 0 Å². The minimum absolute atomic E-state index is 0.475. The molecule has 4 nitrogen and oxygen atoms in total. The Kier molecular flexibility index (Phi) is 2.70. The Morgan fingerprint density at radius 1 is 1.17 bits per heavy atom. The van der Waals surface area contributed by atoms with Crippen LogP contribution >= 0.6 is 0 Å². The molecule has 1 heterocycles. The standard InChI is InChI=1S/C8H13N3O/c1-4-7(12)8-10-5(2)9-6(3)11-8/h7,12H,4H2,1-3H3. The van der Waals surface area contributed by atoms with Crippen molar-refractivity contribution in [3.05, 3.63) is 17.5 Å². The maximum absolute atomic E-state index is 9.43. The van der Waals surface area contributed by atoms with E-state index in [4.69, 9.17) is 0 Å². The molecular weight excluding hydrogens is 154 g/mol. The Balaban J connectivity index is 3.00. The number of aliphatic hydroxyl groups excluding tert-OH is 1. The second-order valence-corrected chi connectivity index (χ2v) is 2.71. The summed E-state index contributed by atoms with van der Waals surface area (Å²) in [6.07, 6.45) is 0.0634. The molecule has 66 valence electrons. The Labute approximate surface area is 71.7 Å². The number of hydrogen-bond donors (Lipinski definition) is 1. The molecule has 0 spiro atoms. The van der Waals surface area contributed by atoms with Gasteiger partial charge in [-0.3, -0.25) is 0 Å². The van der Waals surface area contributed by atoms with Crippen molar-refractivity contribution in [3.63, 3.8) is 0 Å². The lowest BCUT2D eigenvalue weighted by atomic mass is 10.2. The van der Waals surface area contributed by atoms with Crippen LogP contribution in [-0.2, 0) is 0 Å². The van der Waals surface area contributed by atoms with E-state index in [1.807, 2.05) is 6.92 Å². The van der Waals surface area contributed by atoms with Gasteiger partial charge in [-0.2, -0.15) is 0 Å². The number of nitrogens with zero attached hydrogens (tertiary/aromatic N) is 3. The number of aliphatic hydroxyl groups is 1. The van der Waals surface area contributed by atoms with Crippen molar-refractivity contribution in [1.82, 2.24) is 15.0 Å². The average Bonchev–Trinajstić information content (AvgIpc) is 2.01. The van der Waals surface area contributed by atoms with Crippen molar-refractivity contribution in [1.29, 1.82) is 0 Å². The van der Waals surface area contributed by atoms with E-state index in [-0.39, 0.29) is 0 Å². The average molecular weight is 167 g/mol. The Morgan fingerprint density at radius 2 is 1.67 bits per heavy atom. The summed E-state index contributed by atoms with van der Waals surface area (Å²) in [5, 5.41) is 9.43. The maximum Gasteiger partial charge on any atom is 0.161 e. The van der Waals surface area contributed by atoms with Crippen molar-refractivity contribution in [3.8, 4) is 0 Å². The molecule has 0 aliphatic rings. The van der Waals surface area contributed by atoms with Crippen LogP contribution in [0.2, 0.25) is 0 Å². The minimum Gasteiger partial charge on any atom is -0.385 e. The van der Waals surface area contributed by atoms with Crippen LogP contribution in [0.4, 0.5) is 0 Å². The monoisotopic (exact) mass is 167 g/mol. The van der Waals surface area contributed by atoms with Gasteiger partial charge < -0.3 is 5.11 Å². The normalized spacial score (nSPS) is 13.0. The first kappa shape index (κ1) is 9.06. The third-order valence-electron chi connectivity index (χ3n) is 1.56. The summed E-state index contributed by atoms with van der Waals surface area (Å²) in [4.78, 5) is 12.1. The minimum atomic E-state index is -0.564. The van der Waals surface area contributed by atoms with Gasteiger partial charge in [0.25, 0.3) is 0 Å². The zero-order chi connectivity index (χ0) is 9.14. The van der Waals surface area contributed by atoms with Crippen molar-refractivity contribution < 1.29 is 5.11 Å². The number of rotatable bonds is 2. The van der Waals surface area contributed by atoms with Gasteiger partial charge >= 0.3 is 0 Å². The van der Waals surface area contributed by atoms with Gasteiger partial charge in [0.05, 0.1) is 0 Å². The summed E-state index contributed by atoms with van der Waals surface area (Å²) in [6, 6.07) is 0. The van der Waals surface area contributed by atoms with E-state index in [1.54, 1.807) is 13.8 Å². The third-order valence-corrected chi connectivity index (χ3v) is 1.56. The first-order chi connectivity index (χ1) is 5.63. The molecule has 1 aromatic rings. The van der Waals surface area contributed by atoms with Crippen LogP contribution < -0.4 is 0 Å². The molecule has 1 aromatic heterocycles. The van der Waals surface area contributed by atoms with Crippen LogP contribution in [-0.4, -0.2) is 20.1 Å². The lowest BCUT2D eigenvalue weighted by Crippen LogP contribution is -2.07. The summed E-state index contributed by atoms with van der Waals surface area (Å²) in [5.74, 6) is 1.79. The topological polar surface area (TPSA) is 58.9 Å². The first-order valence-electron chi connectivity index (χ1n) is 4.00. The predicted octanol–water partition coefficient (Wildman–Crippen LogP) is 0.932. The van der Waals surface area contributed by atoms with Gasteiger partial charge in [-0.25, -0.2) is 15.0 Å². The molecule has 0 fully saturated rings. The van der Waals surface area contributed by atoms with E-state index < -0.39 is 6.10 Å². The van der Waals surface area contributed by atoms with E-state index in [9.17, 15) is 5.11 Å². The van der Waals surface area contributed by atoms with Crippen molar-refractivity contribution >= 4 is 0 Å². The molecule has 0 bridgehead atoms. The maximum atomic E-state index is 9.43. The fourth-order valence-corrected chi connectivity index (χ4v) is 0.972. The lowest BCUT2D eigenvalue weighted by Gasteiger charge is -2.06. The Morgan fingerprint density at radius 3 is 2.08 bits per heavy atom. The first-order valence-corrected chi connectivity index (χ1v) is 4.00. The van der Waals surface area contributed by atoms with Crippen molar-refractivity contribution in [2.45, 2.75) is 33.3 Å². The summed E-state index contributed by atoms with van der Waals surface area (Å²) in [5.41, 5.74) is 0. The number of hydrogen-bond acceptors (Lipinski definition) is 4. The van der Waals surface area contributed by atoms with Crippen LogP contribution in [0.15, 0.2) is 0 Å². The van der Waals surface area contributed by atoms with Gasteiger partial charge in [-0.15, -0.1) is 0 Å².